The predicted molar refractivity (Wildman–Crippen MR) is 135 cm³/mol. The molecule has 1 saturated heterocycles. The Morgan fingerprint density at radius 3 is 2.59 bits per heavy atom. The molecule has 34 heavy (non-hydrogen) atoms. The number of carbonyl (C=O) groups is 2. The number of rotatable bonds is 6. The number of pyridine rings is 2. The number of likely N-dealkylation sites (tertiary alicyclic amines) is 1. The number of hydrogen-bond donors (Lipinski definition) is 1. The molecule has 2 amide bonds. The molecule has 0 radical (unpaired) electrons. The molecule has 4 aromatic rings. The number of nitrogens with zero attached hydrogens (tertiary/aromatic N) is 3. The summed E-state index contributed by atoms with van der Waals surface area (Å²) >= 11 is 1.71. The zero-order chi connectivity index (χ0) is 23.3. The maximum atomic E-state index is 13.6. The van der Waals surface area contributed by atoms with Gasteiger partial charge in [-0.1, -0.05) is 24.3 Å². The average molecular weight is 471 g/mol. The Bertz CT molecular complexity index is 1280. The summed E-state index contributed by atoms with van der Waals surface area (Å²) in [5.41, 5.74) is 3.12. The van der Waals surface area contributed by atoms with Crippen molar-refractivity contribution in [2.24, 2.45) is 5.92 Å². The van der Waals surface area contributed by atoms with E-state index in [2.05, 4.69) is 21.7 Å². The van der Waals surface area contributed by atoms with Gasteiger partial charge in [0.15, 0.2) is 0 Å². The van der Waals surface area contributed by atoms with Gasteiger partial charge in [-0.2, -0.15) is 0 Å². The SMILES string of the molecule is O=C(NCCc1cccs1)C1CCN(C(=O)c2cc(-c3ccncc3)nc3ccccc23)CC1. The molecule has 3 aromatic heterocycles. The molecule has 6 nitrogen and oxygen atoms in total. The van der Waals surface area contributed by atoms with Crippen molar-refractivity contribution in [3.8, 4) is 11.3 Å². The summed E-state index contributed by atoms with van der Waals surface area (Å²) < 4.78 is 0. The molecule has 0 atom stereocenters. The minimum atomic E-state index is -0.0473. The maximum absolute atomic E-state index is 13.6. The van der Waals surface area contributed by atoms with Crippen molar-refractivity contribution < 1.29 is 9.59 Å². The second-order valence-electron chi connectivity index (χ2n) is 8.49. The lowest BCUT2D eigenvalue weighted by Gasteiger charge is -2.31. The lowest BCUT2D eigenvalue weighted by molar-refractivity contribution is -0.126. The highest BCUT2D eigenvalue weighted by Gasteiger charge is 2.28. The van der Waals surface area contributed by atoms with Crippen LogP contribution in [0.1, 0.15) is 28.1 Å². The number of fused-ring (bicyclic) bond motifs is 1. The molecule has 1 fully saturated rings. The van der Waals surface area contributed by atoms with Crippen LogP contribution in [0, 0.1) is 5.92 Å². The third kappa shape index (κ3) is 4.84. The van der Waals surface area contributed by atoms with Crippen molar-refractivity contribution in [2.75, 3.05) is 19.6 Å². The van der Waals surface area contributed by atoms with Crippen LogP contribution in [0.3, 0.4) is 0 Å². The zero-order valence-corrected chi connectivity index (χ0v) is 19.6. The van der Waals surface area contributed by atoms with Crippen molar-refractivity contribution in [3.63, 3.8) is 0 Å². The zero-order valence-electron chi connectivity index (χ0n) is 18.8. The largest absolute Gasteiger partial charge is 0.355 e. The van der Waals surface area contributed by atoms with E-state index in [9.17, 15) is 9.59 Å². The van der Waals surface area contributed by atoms with Gasteiger partial charge >= 0.3 is 0 Å². The Morgan fingerprint density at radius 1 is 1.03 bits per heavy atom. The van der Waals surface area contributed by atoms with Gasteiger partial charge in [-0.05, 0) is 55.0 Å². The number of piperidine rings is 1. The summed E-state index contributed by atoms with van der Waals surface area (Å²) in [5, 5.41) is 5.96. The first kappa shape index (κ1) is 22.2. The van der Waals surface area contributed by atoms with Gasteiger partial charge in [0, 0.05) is 53.8 Å². The number of benzene rings is 1. The minimum absolute atomic E-state index is 0.00883. The number of amides is 2. The Labute approximate surface area is 202 Å². The molecule has 0 bridgehead atoms. The molecule has 1 aromatic carbocycles. The quantitative estimate of drug-likeness (QED) is 0.448. The fourth-order valence-corrected chi connectivity index (χ4v) is 5.16. The van der Waals surface area contributed by atoms with E-state index in [0.29, 0.717) is 38.0 Å². The van der Waals surface area contributed by atoms with Crippen molar-refractivity contribution in [3.05, 3.63) is 82.8 Å². The van der Waals surface area contributed by atoms with Crippen LogP contribution in [-0.4, -0.2) is 46.3 Å². The smallest absolute Gasteiger partial charge is 0.254 e. The maximum Gasteiger partial charge on any atom is 0.254 e. The number of para-hydroxylation sites is 1. The van der Waals surface area contributed by atoms with Crippen molar-refractivity contribution in [1.29, 1.82) is 0 Å². The molecule has 172 valence electrons. The van der Waals surface area contributed by atoms with Crippen LogP contribution in [0.25, 0.3) is 22.2 Å². The van der Waals surface area contributed by atoms with Crippen LogP contribution >= 0.6 is 11.3 Å². The average Bonchev–Trinajstić information content (AvgIpc) is 3.42. The highest BCUT2D eigenvalue weighted by atomic mass is 32.1. The van der Waals surface area contributed by atoms with E-state index in [-0.39, 0.29) is 17.7 Å². The van der Waals surface area contributed by atoms with E-state index < -0.39 is 0 Å². The number of aromatic nitrogens is 2. The monoisotopic (exact) mass is 470 g/mol. The Hall–Kier alpha value is -3.58. The third-order valence-electron chi connectivity index (χ3n) is 6.33. The molecular formula is C27H26N4O2S. The lowest BCUT2D eigenvalue weighted by Crippen LogP contribution is -2.43. The van der Waals surface area contributed by atoms with Gasteiger partial charge in [0.2, 0.25) is 5.91 Å². The number of hydrogen-bond acceptors (Lipinski definition) is 5. The van der Waals surface area contributed by atoms with Crippen LogP contribution in [-0.2, 0) is 11.2 Å². The summed E-state index contributed by atoms with van der Waals surface area (Å²) in [6, 6.07) is 17.5. The number of thiophene rings is 1. The van der Waals surface area contributed by atoms with Gasteiger partial charge in [-0.3, -0.25) is 14.6 Å². The highest BCUT2D eigenvalue weighted by Crippen LogP contribution is 2.27. The van der Waals surface area contributed by atoms with Gasteiger partial charge in [0.05, 0.1) is 16.8 Å². The van der Waals surface area contributed by atoms with Gasteiger partial charge in [-0.25, -0.2) is 4.98 Å². The standard InChI is InChI=1S/C27H26N4O2S/c32-26(29-14-9-21-4-3-17-34-21)20-10-15-31(16-11-20)27(33)23-18-25(19-7-12-28-13-8-19)30-24-6-2-1-5-22(23)24/h1-8,12-13,17-18,20H,9-11,14-16H2,(H,29,32). The van der Waals surface area contributed by atoms with Gasteiger partial charge in [0.25, 0.3) is 5.91 Å². The molecule has 7 heteroatoms. The highest BCUT2D eigenvalue weighted by molar-refractivity contribution is 7.09. The molecule has 1 aliphatic heterocycles. The second kappa shape index (κ2) is 10.1. The molecule has 1 aliphatic rings. The number of carbonyl (C=O) groups excluding carboxylic acids is 2. The van der Waals surface area contributed by atoms with Crippen molar-refractivity contribution in [1.82, 2.24) is 20.2 Å². The summed E-state index contributed by atoms with van der Waals surface area (Å²) in [7, 11) is 0. The third-order valence-corrected chi connectivity index (χ3v) is 7.26. The van der Waals surface area contributed by atoms with Gasteiger partial charge in [0.1, 0.15) is 0 Å². The summed E-state index contributed by atoms with van der Waals surface area (Å²) in [6.07, 6.45) is 5.66. The minimum Gasteiger partial charge on any atom is -0.355 e. The summed E-state index contributed by atoms with van der Waals surface area (Å²) in [4.78, 5) is 38.2. The van der Waals surface area contributed by atoms with E-state index in [1.807, 2.05) is 53.4 Å². The molecule has 5 rings (SSSR count). The second-order valence-corrected chi connectivity index (χ2v) is 9.53. The topological polar surface area (TPSA) is 75.2 Å². The van der Waals surface area contributed by atoms with Crippen LogP contribution in [0.2, 0.25) is 0 Å². The Kier molecular flexibility index (Phi) is 6.62. The molecule has 0 aliphatic carbocycles. The van der Waals surface area contributed by atoms with Crippen molar-refractivity contribution in [2.45, 2.75) is 19.3 Å². The van der Waals surface area contributed by atoms with E-state index in [0.717, 1.165) is 28.6 Å². The summed E-state index contributed by atoms with van der Waals surface area (Å²) in [5.74, 6) is 0.0393. The molecular weight excluding hydrogens is 444 g/mol. The van der Waals surface area contributed by atoms with Crippen LogP contribution in [0.4, 0.5) is 0 Å². The first-order valence-corrected chi connectivity index (χ1v) is 12.5. The van der Waals surface area contributed by atoms with E-state index in [1.54, 1.807) is 23.7 Å². The van der Waals surface area contributed by atoms with E-state index in [1.165, 1.54) is 4.88 Å². The van der Waals surface area contributed by atoms with Gasteiger partial charge < -0.3 is 10.2 Å². The molecule has 0 spiro atoms. The molecule has 1 N–H and O–H groups in total. The van der Waals surface area contributed by atoms with Gasteiger partial charge in [-0.15, -0.1) is 11.3 Å². The number of nitrogens with one attached hydrogen (secondary N) is 1. The van der Waals surface area contributed by atoms with Crippen LogP contribution in [0.5, 0.6) is 0 Å². The van der Waals surface area contributed by atoms with E-state index >= 15 is 0 Å². The molecule has 4 heterocycles. The first-order chi connectivity index (χ1) is 16.7. The lowest BCUT2D eigenvalue weighted by atomic mass is 9.95. The van der Waals surface area contributed by atoms with Crippen LogP contribution in [0.15, 0.2) is 72.4 Å². The first-order valence-electron chi connectivity index (χ1n) is 11.6. The summed E-state index contributed by atoms with van der Waals surface area (Å²) in [6.45, 7) is 1.80. The predicted octanol–water partition coefficient (Wildman–Crippen LogP) is 4.57. The van der Waals surface area contributed by atoms with Crippen LogP contribution < -0.4 is 5.32 Å². The Morgan fingerprint density at radius 2 is 1.82 bits per heavy atom. The fourth-order valence-electron chi connectivity index (χ4n) is 4.45. The van der Waals surface area contributed by atoms with Crippen molar-refractivity contribution >= 4 is 34.1 Å². The van der Waals surface area contributed by atoms with E-state index in [4.69, 9.17) is 4.98 Å². The fraction of sp³-hybridized carbons (Fsp3) is 0.259. The normalized spacial score (nSPS) is 14.3. The molecule has 0 saturated carbocycles. The Balaban J connectivity index is 1.27. The molecule has 0 unspecified atom stereocenters.